The van der Waals surface area contributed by atoms with E-state index in [1.807, 2.05) is 13.8 Å². The molecule has 134 valence electrons. The lowest BCUT2D eigenvalue weighted by atomic mass is 10.2. The molecule has 7 nitrogen and oxygen atoms in total. The Kier molecular flexibility index (Phi) is 6.81. The van der Waals surface area contributed by atoms with E-state index in [2.05, 4.69) is 9.80 Å². The normalized spacial score (nSPS) is 15.8. The van der Waals surface area contributed by atoms with Gasteiger partial charge in [0.1, 0.15) is 18.5 Å². The summed E-state index contributed by atoms with van der Waals surface area (Å²) >= 11 is 0. The highest BCUT2D eigenvalue weighted by molar-refractivity contribution is 5.62. The van der Waals surface area contributed by atoms with Gasteiger partial charge in [-0.25, -0.2) is 0 Å². The van der Waals surface area contributed by atoms with E-state index >= 15 is 0 Å². The van der Waals surface area contributed by atoms with Crippen LogP contribution >= 0.6 is 0 Å². The number of nitrogens with zero attached hydrogens (tertiary/aromatic N) is 3. The summed E-state index contributed by atoms with van der Waals surface area (Å²) in [6.07, 6.45) is 1.60. The standard InChI is InChI=1S/C17H27N3O4/c1-3-18(4-2)12-15(21)13-24-17-11-14(20(22)23)7-8-16(17)19-9-5-6-10-19/h7-8,11,15,21H,3-6,9-10,12-13H2,1-2H3/t15-/m1/s1. The molecule has 1 aliphatic heterocycles. The fourth-order valence-electron chi connectivity index (χ4n) is 2.97. The van der Waals surface area contributed by atoms with Gasteiger partial charge in [-0.15, -0.1) is 0 Å². The number of hydrogen-bond acceptors (Lipinski definition) is 6. The predicted octanol–water partition coefficient (Wildman–Crippen LogP) is 2.28. The summed E-state index contributed by atoms with van der Waals surface area (Å²) in [5.74, 6) is 0.477. The fourth-order valence-corrected chi connectivity index (χ4v) is 2.97. The number of aliphatic hydroxyl groups excluding tert-OH is 1. The van der Waals surface area contributed by atoms with E-state index in [9.17, 15) is 15.2 Å². The van der Waals surface area contributed by atoms with Crippen molar-refractivity contribution >= 4 is 11.4 Å². The first kappa shape index (κ1) is 18.5. The number of aliphatic hydroxyl groups is 1. The molecule has 0 unspecified atom stereocenters. The minimum Gasteiger partial charge on any atom is -0.488 e. The Bertz CT molecular complexity index is 543. The number of likely N-dealkylation sites (N-methyl/N-ethyl adjacent to an activating group) is 1. The summed E-state index contributed by atoms with van der Waals surface area (Å²) < 4.78 is 5.77. The Morgan fingerprint density at radius 1 is 1.33 bits per heavy atom. The molecule has 1 atom stereocenters. The summed E-state index contributed by atoms with van der Waals surface area (Å²) in [6, 6.07) is 4.71. The number of rotatable bonds is 9. The first-order chi connectivity index (χ1) is 11.5. The minimum absolute atomic E-state index is 0.00572. The van der Waals surface area contributed by atoms with Crippen LogP contribution in [0.2, 0.25) is 0 Å². The number of hydrogen-bond donors (Lipinski definition) is 1. The number of non-ortho nitro benzene ring substituents is 1. The Morgan fingerprint density at radius 3 is 2.58 bits per heavy atom. The highest BCUT2D eigenvalue weighted by Crippen LogP contribution is 2.34. The van der Waals surface area contributed by atoms with Crippen molar-refractivity contribution in [3.8, 4) is 5.75 Å². The molecule has 0 radical (unpaired) electrons. The fraction of sp³-hybridized carbons (Fsp3) is 0.647. The summed E-state index contributed by atoms with van der Waals surface area (Å²) in [5.41, 5.74) is 0.874. The quantitative estimate of drug-likeness (QED) is 0.550. The van der Waals surface area contributed by atoms with E-state index in [0.717, 1.165) is 44.7 Å². The van der Waals surface area contributed by atoms with Gasteiger partial charge in [0.15, 0.2) is 0 Å². The molecule has 1 aromatic carbocycles. The van der Waals surface area contributed by atoms with Crippen LogP contribution in [-0.4, -0.2) is 60.4 Å². The van der Waals surface area contributed by atoms with Crippen LogP contribution in [0.3, 0.4) is 0 Å². The molecule has 1 fully saturated rings. The van der Waals surface area contributed by atoms with Crippen LogP contribution in [0.1, 0.15) is 26.7 Å². The highest BCUT2D eigenvalue weighted by Gasteiger charge is 2.20. The number of ether oxygens (including phenoxy) is 1. The van der Waals surface area contributed by atoms with E-state index in [0.29, 0.717) is 12.3 Å². The molecule has 0 bridgehead atoms. The van der Waals surface area contributed by atoms with E-state index in [4.69, 9.17) is 4.74 Å². The SMILES string of the molecule is CCN(CC)C[C@@H](O)COc1cc([N+](=O)[O-])ccc1N1CCCC1. The topological polar surface area (TPSA) is 79.1 Å². The average Bonchev–Trinajstić information content (AvgIpc) is 3.11. The van der Waals surface area contributed by atoms with Gasteiger partial charge < -0.3 is 19.6 Å². The van der Waals surface area contributed by atoms with Crippen molar-refractivity contribution < 1.29 is 14.8 Å². The summed E-state index contributed by atoms with van der Waals surface area (Å²) in [4.78, 5) is 14.9. The van der Waals surface area contributed by atoms with Gasteiger partial charge in [0.25, 0.3) is 5.69 Å². The molecule has 1 saturated heterocycles. The van der Waals surface area contributed by atoms with Crippen LogP contribution < -0.4 is 9.64 Å². The maximum atomic E-state index is 11.0. The lowest BCUT2D eigenvalue weighted by Gasteiger charge is -2.24. The Morgan fingerprint density at radius 2 is 2.00 bits per heavy atom. The third kappa shape index (κ3) is 4.82. The zero-order valence-electron chi connectivity index (χ0n) is 14.5. The number of anilines is 1. The van der Waals surface area contributed by atoms with Crippen LogP contribution in [0.25, 0.3) is 0 Å². The minimum atomic E-state index is -0.629. The molecule has 0 spiro atoms. The van der Waals surface area contributed by atoms with Crippen molar-refractivity contribution in [1.82, 2.24) is 4.90 Å². The summed E-state index contributed by atoms with van der Waals surface area (Å²) in [6.45, 7) is 8.32. The van der Waals surface area contributed by atoms with Crippen molar-refractivity contribution in [3.63, 3.8) is 0 Å². The van der Waals surface area contributed by atoms with E-state index < -0.39 is 11.0 Å². The third-order valence-corrected chi connectivity index (χ3v) is 4.40. The van der Waals surface area contributed by atoms with Gasteiger partial charge in [0.2, 0.25) is 0 Å². The maximum absolute atomic E-state index is 11.0. The smallest absolute Gasteiger partial charge is 0.273 e. The average molecular weight is 337 g/mol. The van der Waals surface area contributed by atoms with E-state index in [1.54, 1.807) is 6.07 Å². The van der Waals surface area contributed by atoms with Gasteiger partial charge in [-0.2, -0.15) is 0 Å². The second-order valence-corrected chi connectivity index (χ2v) is 6.05. The molecule has 1 N–H and O–H groups in total. The van der Waals surface area contributed by atoms with E-state index in [-0.39, 0.29) is 12.3 Å². The lowest BCUT2D eigenvalue weighted by molar-refractivity contribution is -0.384. The Labute approximate surface area is 143 Å². The molecule has 1 aliphatic rings. The number of nitro benzene ring substituents is 1. The number of nitro groups is 1. The van der Waals surface area contributed by atoms with Crippen molar-refractivity contribution in [3.05, 3.63) is 28.3 Å². The highest BCUT2D eigenvalue weighted by atomic mass is 16.6. The van der Waals surface area contributed by atoms with E-state index in [1.165, 1.54) is 12.1 Å². The van der Waals surface area contributed by atoms with Gasteiger partial charge in [0.05, 0.1) is 16.7 Å². The molecule has 1 aromatic rings. The van der Waals surface area contributed by atoms with Gasteiger partial charge >= 0.3 is 0 Å². The van der Waals surface area contributed by atoms with Crippen molar-refractivity contribution in [1.29, 1.82) is 0 Å². The van der Waals surface area contributed by atoms with Crippen LogP contribution in [0, 0.1) is 10.1 Å². The molecule has 24 heavy (non-hydrogen) atoms. The summed E-state index contributed by atoms with van der Waals surface area (Å²) in [7, 11) is 0. The monoisotopic (exact) mass is 337 g/mol. The van der Waals surface area contributed by atoms with Crippen molar-refractivity contribution in [2.45, 2.75) is 32.8 Å². The third-order valence-electron chi connectivity index (χ3n) is 4.40. The zero-order chi connectivity index (χ0) is 17.5. The van der Waals surface area contributed by atoms with Crippen LogP contribution in [0.4, 0.5) is 11.4 Å². The van der Waals surface area contributed by atoms with Gasteiger partial charge in [-0.3, -0.25) is 10.1 Å². The first-order valence-corrected chi connectivity index (χ1v) is 8.61. The largest absolute Gasteiger partial charge is 0.488 e. The van der Waals surface area contributed by atoms with Crippen LogP contribution in [0.15, 0.2) is 18.2 Å². The second kappa shape index (κ2) is 8.84. The van der Waals surface area contributed by atoms with Crippen molar-refractivity contribution in [2.24, 2.45) is 0 Å². The predicted molar refractivity (Wildman–Crippen MR) is 93.8 cm³/mol. The Hall–Kier alpha value is -1.86. The zero-order valence-corrected chi connectivity index (χ0v) is 14.5. The molecular weight excluding hydrogens is 310 g/mol. The van der Waals surface area contributed by atoms with Crippen molar-refractivity contribution in [2.75, 3.05) is 44.2 Å². The van der Waals surface area contributed by atoms with Gasteiger partial charge in [-0.05, 0) is 32.0 Å². The van der Waals surface area contributed by atoms with Crippen LogP contribution in [0.5, 0.6) is 5.75 Å². The molecule has 0 aliphatic carbocycles. The lowest BCUT2D eigenvalue weighted by Crippen LogP contribution is -2.35. The number of benzene rings is 1. The molecule has 0 saturated carbocycles. The first-order valence-electron chi connectivity index (χ1n) is 8.61. The van der Waals surface area contributed by atoms with Crippen LogP contribution in [-0.2, 0) is 0 Å². The molecule has 0 aromatic heterocycles. The Balaban J connectivity index is 2.08. The molecule has 1 heterocycles. The molecular formula is C17H27N3O4. The summed E-state index contributed by atoms with van der Waals surface area (Å²) in [5, 5.41) is 21.2. The molecule has 0 amide bonds. The molecule has 7 heteroatoms. The molecule has 2 rings (SSSR count). The van der Waals surface area contributed by atoms with Gasteiger partial charge in [0, 0.05) is 25.7 Å². The van der Waals surface area contributed by atoms with Gasteiger partial charge in [-0.1, -0.05) is 13.8 Å². The maximum Gasteiger partial charge on any atom is 0.273 e. The second-order valence-electron chi connectivity index (χ2n) is 6.05.